The van der Waals surface area contributed by atoms with Crippen molar-refractivity contribution in [2.75, 3.05) is 29.4 Å². The number of nitrogens with one attached hydrogen (secondary N) is 2. The lowest BCUT2D eigenvalue weighted by Gasteiger charge is -2.18. The van der Waals surface area contributed by atoms with Crippen molar-refractivity contribution in [2.24, 2.45) is 0 Å². The van der Waals surface area contributed by atoms with Crippen LogP contribution in [0.1, 0.15) is 69.7 Å². The summed E-state index contributed by atoms with van der Waals surface area (Å²) in [6, 6.07) is 36.0. The predicted octanol–water partition coefficient (Wildman–Crippen LogP) is 8.43. The van der Waals surface area contributed by atoms with Crippen molar-refractivity contribution >= 4 is 29.1 Å². The van der Waals surface area contributed by atoms with E-state index in [4.69, 9.17) is 0 Å². The van der Waals surface area contributed by atoms with Crippen molar-refractivity contribution in [1.82, 2.24) is 20.6 Å². The van der Waals surface area contributed by atoms with E-state index in [0.717, 1.165) is 66.0 Å². The molecular weight excluding hydrogens is 709 g/mol. The average molecular weight is 757 g/mol. The number of hydrogen-bond acceptors (Lipinski definition) is 6. The van der Waals surface area contributed by atoms with Crippen LogP contribution in [-0.4, -0.2) is 47.3 Å². The highest BCUT2D eigenvalue weighted by Gasteiger charge is 2.24. The topological polar surface area (TPSA) is 108 Å². The Morgan fingerprint density at radius 3 is 1.58 bits per heavy atom. The van der Waals surface area contributed by atoms with Crippen LogP contribution in [0.25, 0.3) is 22.3 Å². The van der Waals surface area contributed by atoms with E-state index >= 15 is 0 Å². The third-order valence-corrected chi connectivity index (χ3v) is 10.5. The number of benzene rings is 4. The molecule has 0 saturated carbocycles. The van der Waals surface area contributed by atoms with Crippen LogP contribution in [0, 0.1) is 0 Å². The molecule has 4 aromatic carbocycles. The molecule has 0 saturated heterocycles. The first-order valence-electron chi connectivity index (χ1n) is 19.8. The van der Waals surface area contributed by atoms with Crippen molar-refractivity contribution in [2.45, 2.75) is 52.6 Å². The van der Waals surface area contributed by atoms with E-state index in [2.05, 4.69) is 56.7 Å². The van der Waals surface area contributed by atoms with Crippen LogP contribution in [0.2, 0.25) is 0 Å². The van der Waals surface area contributed by atoms with Crippen LogP contribution in [0.4, 0.5) is 11.4 Å². The van der Waals surface area contributed by atoms with Crippen molar-refractivity contribution in [3.63, 3.8) is 0 Å². The fourth-order valence-corrected chi connectivity index (χ4v) is 7.39. The van der Waals surface area contributed by atoms with E-state index in [1.54, 1.807) is 24.8 Å². The van der Waals surface area contributed by atoms with Gasteiger partial charge in [0.25, 0.3) is 11.8 Å². The standard InChI is InChI=1S/C24H23N3O2.C24H25N3O/c1-2-23(28)27-13-11-21-14-20(9-10-22(21)27)18-5-7-19(8-6-18)24(29)26-16-17-4-3-12-25-15-17;1-2-13-27-14-11-22-15-21(9-10-23(22)27)19-5-7-20(8-6-19)24(28)26-17-18-4-3-12-25-16-18/h3-10,12,14-15H,2,11,13,16H2,1H3,(H,26,29);3-10,12,15-16H,2,11,13-14,17H2,1H3,(H,26,28). The second kappa shape index (κ2) is 18.3. The first-order chi connectivity index (χ1) is 27.9. The molecule has 2 aromatic heterocycles. The van der Waals surface area contributed by atoms with Crippen LogP contribution in [-0.2, 0) is 30.7 Å². The van der Waals surface area contributed by atoms with E-state index in [9.17, 15) is 14.4 Å². The van der Waals surface area contributed by atoms with Gasteiger partial charge in [0.05, 0.1) is 0 Å². The number of amides is 3. The molecule has 0 aliphatic carbocycles. The molecule has 8 rings (SSSR count). The van der Waals surface area contributed by atoms with E-state index in [1.807, 2.05) is 96.8 Å². The zero-order valence-electron chi connectivity index (χ0n) is 32.6. The summed E-state index contributed by atoms with van der Waals surface area (Å²) < 4.78 is 0. The maximum atomic E-state index is 12.4. The van der Waals surface area contributed by atoms with E-state index in [0.29, 0.717) is 30.6 Å². The van der Waals surface area contributed by atoms with Gasteiger partial charge < -0.3 is 20.4 Å². The summed E-state index contributed by atoms with van der Waals surface area (Å²) in [6.45, 7) is 8.03. The smallest absolute Gasteiger partial charge is 0.251 e. The predicted molar refractivity (Wildman–Crippen MR) is 227 cm³/mol. The first kappa shape index (κ1) is 38.7. The molecule has 9 nitrogen and oxygen atoms in total. The van der Waals surface area contributed by atoms with Gasteiger partial charge >= 0.3 is 0 Å². The molecule has 0 spiro atoms. The number of carbonyl (C=O) groups excluding carboxylic acids is 3. The van der Waals surface area contributed by atoms with Gasteiger partial charge in [-0.05, 0) is 124 Å². The summed E-state index contributed by atoms with van der Waals surface area (Å²) >= 11 is 0. The summed E-state index contributed by atoms with van der Waals surface area (Å²) in [6.07, 6.45) is 10.6. The molecule has 3 amide bonds. The van der Waals surface area contributed by atoms with Crippen molar-refractivity contribution in [3.05, 3.63) is 167 Å². The molecule has 0 atom stereocenters. The molecule has 288 valence electrons. The number of aromatic nitrogens is 2. The molecule has 4 heterocycles. The molecular formula is C48H48N6O3. The van der Waals surface area contributed by atoms with Gasteiger partial charge in [-0.3, -0.25) is 24.4 Å². The van der Waals surface area contributed by atoms with Gasteiger partial charge in [-0.15, -0.1) is 0 Å². The Labute approximate surface area is 334 Å². The normalized spacial score (nSPS) is 12.6. The minimum absolute atomic E-state index is 0.0698. The summed E-state index contributed by atoms with van der Waals surface area (Å²) in [7, 11) is 0. The quantitative estimate of drug-likeness (QED) is 0.138. The lowest BCUT2D eigenvalue weighted by molar-refractivity contribution is -0.118. The van der Waals surface area contributed by atoms with Crippen LogP contribution in [0.15, 0.2) is 134 Å². The van der Waals surface area contributed by atoms with Crippen molar-refractivity contribution in [3.8, 4) is 22.3 Å². The molecule has 2 N–H and O–H groups in total. The fraction of sp³-hybridized carbons (Fsp3) is 0.229. The number of rotatable bonds is 11. The molecule has 6 aromatic rings. The lowest BCUT2D eigenvalue weighted by Crippen LogP contribution is -2.27. The molecule has 0 bridgehead atoms. The highest BCUT2D eigenvalue weighted by Crippen LogP contribution is 2.34. The lowest BCUT2D eigenvalue weighted by atomic mass is 10.0. The SMILES string of the molecule is CCC(=O)N1CCc2cc(-c3ccc(C(=O)NCc4cccnc4)cc3)ccc21.CCCN1CCc2cc(-c3ccc(C(=O)NCc4cccnc4)cc3)ccc21. The summed E-state index contributed by atoms with van der Waals surface area (Å²) in [5.41, 5.74) is 12.7. The zero-order valence-corrected chi connectivity index (χ0v) is 32.6. The minimum atomic E-state index is -0.108. The Hall–Kier alpha value is -6.61. The molecule has 0 fully saturated rings. The van der Waals surface area contributed by atoms with Gasteiger partial charge in [-0.2, -0.15) is 0 Å². The number of pyridine rings is 2. The number of carbonyl (C=O) groups is 3. The van der Waals surface area contributed by atoms with Crippen molar-refractivity contribution < 1.29 is 14.4 Å². The molecule has 2 aliphatic rings. The van der Waals surface area contributed by atoms with E-state index in [-0.39, 0.29) is 17.7 Å². The van der Waals surface area contributed by atoms with Gasteiger partial charge in [0, 0.05) is 86.4 Å². The van der Waals surface area contributed by atoms with E-state index < -0.39 is 0 Å². The van der Waals surface area contributed by atoms with Crippen molar-refractivity contribution in [1.29, 1.82) is 0 Å². The minimum Gasteiger partial charge on any atom is -0.371 e. The Morgan fingerprint density at radius 2 is 1.09 bits per heavy atom. The number of fused-ring (bicyclic) bond motifs is 2. The molecule has 0 radical (unpaired) electrons. The number of anilines is 2. The number of hydrogen-bond donors (Lipinski definition) is 2. The van der Waals surface area contributed by atoms with Gasteiger partial charge in [-0.1, -0.05) is 62.4 Å². The maximum Gasteiger partial charge on any atom is 0.251 e. The Balaban J connectivity index is 0.000000174. The number of nitrogens with zero attached hydrogens (tertiary/aromatic N) is 4. The van der Waals surface area contributed by atoms with Gasteiger partial charge in [0.2, 0.25) is 5.91 Å². The van der Waals surface area contributed by atoms with Crippen LogP contribution in [0.5, 0.6) is 0 Å². The zero-order chi connectivity index (χ0) is 39.6. The molecule has 9 heteroatoms. The second-order valence-corrected chi connectivity index (χ2v) is 14.3. The molecule has 2 aliphatic heterocycles. The summed E-state index contributed by atoms with van der Waals surface area (Å²) in [5, 5.41) is 5.85. The van der Waals surface area contributed by atoms with Crippen LogP contribution >= 0.6 is 0 Å². The third-order valence-electron chi connectivity index (χ3n) is 10.5. The van der Waals surface area contributed by atoms with Gasteiger partial charge in [0.1, 0.15) is 0 Å². The van der Waals surface area contributed by atoms with Crippen LogP contribution < -0.4 is 20.4 Å². The Kier molecular flexibility index (Phi) is 12.4. The van der Waals surface area contributed by atoms with Crippen LogP contribution in [0.3, 0.4) is 0 Å². The summed E-state index contributed by atoms with van der Waals surface area (Å²) in [4.78, 5) is 49.3. The fourth-order valence-electron chi connectivity index (χ4n) is 7.39. The Bertz CT molecular complexity index is 2310. The second-order valence-electron chi connectivity index (χ2n) is 14.3. The first-order valence-corrected chi connectivity index (χ1v) is 19.8. The summed E-state index contributed by atoms with van der Waals surface area (Å²) in [5.74, 6) is -0.0132. The van der Waals surface area contributed by atoms with Gasteiger partial charge in [-0.25, -0.2) is 0 Å². The molecule has 57 heavy (non-hydrogen) atoms. The third kappa shape index (κ3) is 9.44. The van der Waals surface area contributed by atoms with Gasteiger partial charge in [0.15, 0.2) is 0 Å². The van der Waals surface area contributed by atoms with E-state index in [1.165, 1.54) is 28.8 Å². The molecule has 0 unspecified atom stereocenters. The Morgan fingerprint density at radius 1 is 0.596 bits per heavy atom. The highest BCUT2D eigenvalue weighted by molar-refractivity contribution is 5.97. The largest absolute Gasteiger partial charge is 0.371 e. The monoisotopic (exact) mass is 756 g/mol. The average Bonchev–Trinajstić information content (AvgIpc) is 3.89. The maximum absolute atomic E-state index is 12.4. The highest BCUT2D eigenvalue weighted by atomic mass is 16.2.